The first-order chi connectivity index (χ1) is 14.5. The van der Waals surface area contributed by atoms with E-state index in [4.69, 9.17) is 4.74 Å². The first kappa shape index (κ1) is 20.2. The number of benzene rings is 2. The summed E-state index contributed by atoms with van der Waals surface area (Å²) in [5.74, 6) is 1.41. The second-order valence-electron chi connectivity index (χ2n) is 6.44. The predicted molar refractivity (Wildman–Crippen MR) is 123 cm³/mol. The maximum Gasteiger partial charge on any atom is 0.271 e. The first-order valence-corrected chi connectivity index (χ1v) is 10.8. The molecule has 0 aliphatic carbocycles. The second kappa shape index (κ2) is 8.37. The second-order valence-corrected chi connectivity index (χ2v) is 8.50. The summed E-state index contributed by atoms with van der Waals surface area (Å²) >= 11 is 5.04. The molecule has 30 heavy (non-hydrogen) atoms. The number of hydrogen-bond acceptors (Lipinski definition) is 7. The van der Waals surface area contributed by atoms with Crippen LogP contribution in [0.5, 0.6) is 5.75 Å². The van der Waals surface area contributed by atoms with Crippen LogP contribution in [0.2, 0.25) is 0 Å². The van der Waals surface area contributed by atoms with E-state index in [0.717, 1.165) is 32.0 Å². The normalized spacial score (nSPS) is 10.9. The topological polar surface area (TPSA) is 90.2 Å². The molecule has 2 aromatic carbocycles. The molecule has 0 fully saturated rings. The fraction of sp³-hybridized carbons (Fsp3) is 0.143. The van der Waals surface area contributed by atoms with Gasteiger partial charge in [0, 0.05) is 27.0 Å². The van der Waals surface area contributed by atoms with Gasteiger partial charge in [-0.25, -0.2) is 9.97 Å². The number of anilines is 2. The van der Waals surface area contributed by atoms with E-state index < -0.39 is 4.92 Å². The van der Waals surface area contributed by atoms with E-state index in [9.17, 15) is 10.1 Å². The van der Waals surface area contributed by atoms with Gasteiger partial charge in [0.25, 0.3) is 5.69 Å². The van der Waals surface area contributed by atoms with E-state index in [0.29, 0.717) is 22.6 Å². The number of nitrogens with zero attached hydrogens (tertiary/aromatic N) is 3. The van der Waals surface area contributed by atoms with Gasteiger partial charge in [-0.1, -0.05) is 12.1 Å². The SMILES string of the molecule is CCOc1ccc(-c2c(C)sc3ncnc(Nc4cc([N+](=O)[O-])ccc4Br)c23)cc1. The standard InChI is InChI=1S/C21H17BrN4O3S/c1-3-29-15-7-4-13(5-8-15)18-12(2)30-21-19(18)20(23-11-24-21)25-17-10-14(26(27)28)6-9-16(17)22/h4-11H,3H2,1-2H3,(H,23,24,25). The monoisotopic (exact) mass is 484 g/mol. The lowest BCUT2D eigenvalue weighted by atomic mass is 10.0. The Morgan fingerprint density at radius 1 is 1.20 bits per heavy atom. The number of nitrogens with one attached hydrogen (secondary N) is 1. The van der Waals surface area contributed by atoms with Crippen LogP contribution >= 0.6 is 27.3 Å². The van der Waals surface area contributed by atoms with Crippen LogP contribution in [0.1, 0.15) is 11.8 Å². The smallest absolute Gasteiger partial charge is 0.271 e. The number of hydrogen-bond donors (Lipinski definition) is 1. The molecule has 0 aliphatic heterocycles. The van der Waals surface area contributed by atoms with Gasteiger partial charge in [0.1, 0.15) is 22.7 Å². The van der Waals surface area contributed by atoms with Crippen LogP contribution in [0.3, 0.4) is 0 Å². The van der Waals surface area contributed by atoms with Crippen molar-refractivity contribution in [2.24, 2.45) is 0 Å². The number of non-ortho nitro benzene ring substituents is 1. The molecule has 152 valence electrons. The molecule has 0 bridgehead atoms. The summed E-state index contributed by atoms with van der Waals surface area (Å²) in [6.45, 7) is 4.61. The Morgan fingerprint density at radius 2 is 1.97 bits per heavy atom. The van der Waals surface area contributed by atoms with E-state index in [1.807, 2.05) is 38.1 Å². The summed E-state index contributed by atoms with van der Waals surface area (Å²) in [5, 5.41) is 15.3. The van der Waals surface area contributed by atoms with Crippen LogP contribution in [0.4, 0.5) is 17.2 Å². The Labute approximate surface area is 185 Å². The van der Waals surface area contributed by atoms with Crippen LogP contribution in [0, 0.1) is 17.0 Å². The van der Waals surface area contributed by atoms with Crippen LogP contribution in [0.25, 0.3) is 21.3 Å². The zero-order valence-electron chi connectivity index (χ0n) is 16.2. The number of ether oxygens (including phenoxy) is 1. The van der Waals surface area contributed by atoms with E-state index >= 15 is 0 Å². The van der Waals surface area contributed by atoms with Gasteiger partial charge in [0.15, 0.2) is 0 Å². The lowest BCUT2D eigenvalue weighted by Crippen LogP contribution is -1.98. The Bertz CT molecular complexity index is 1240. The Kier molecular flexibility index (Phi) is 5.65. The number of nitro groups is 1. The summed E-state index contributed by atoms with van der Waals surface area (Å²) in [6.07, 6.45) is 1.49. The van der Waals surface area contributed by atoms with E-state index in [2.05, 4.69) is 31.2 Å². The van der Waals surface area contributed by atoms with Crippen molar-refractivity contribution in [2.75, 3.05) is 11.9 Å². The highest BCUT2D eigenvalue weighted by Crippen LogP contribution is 2.42. The van der Waals surface area contributed by atoms with Gasteiger partial charge in [0.2, 0.25) is 0 Å². The van der Waals surface area contributed by atoms with Crippen molar-refractivity contribution in [2.45, 2.75) is 13.8 Å². The third kappa shape index (κ3) is 3.86. The molecule has 4 aromatic rings. The maximum absolute atomic E-state index is 11.2. The molecule has 2 heterocycles. The van der Waals surface area contributed by atoms with Crippen molar-refractivity contribution in [1.82, 2.24) is 9.97 Å². The molecule has 0 atom stereocenters. The fourth-order valence-corrected chi connectivity index (χ4v) is 4.58. The number of rotatable bonds is 6. The summed E-state index contributed by atoms with van der Waals surface area (Å²) in [7, 11) is 0. The minimum atomic E-state index is -0.423. The van der Waals surface area contributed by atoms with Crippen LogP contribution in [0.15, 0.2) is 53.3 Å². The van der Waals surface area contributed by atoms with Gasteiger partial charge in [-0.3, -0.25) is 10.1 Å². The lowest BCUT2D eigenvalue weighted by Gasteiger charge is -2.11. The lowest BCUT2D eigenvalue weighted by molar-refractivity contribution is -0.384. The number of halogens is 1. The van der Waals surface area contributed by atoms with E-state index in [-0.39, 0.29) is 5.69 Å². The van der Waals surface area contributed by atoms with Crippen molar-refractivity contribution in [3.63, 3.8) is 0 Å². The van der Waals surface area contributed by atoms with Gasteiger partial charge < -0.3 is 10.1 Å². The Morgan fingerprint density at radius 3 is 2.67 bits per heavy atom. The van der Waals surface area contributed by atoms with Gasteiger partial charge in [-0.05, 0) is 53.5 Å². The fourth-order valence-electron chi connectivity index (χ4n) is 3.22. The van der Waals surface area contributed by atoms with Crippen molar-refractivity contribution in [3.8, 4) is 16.9 Å². The summed E-state index contributed by atoms with van der Waals surface area (Å²) in [5.41, 5.74) is 2.62. The molecule has 2 aromatic heterocycles. The largest absolute Gasteiger partial charge is 0.494 e. The van der Waals surface area contributed by atoms with Crippen LogP contribution < -0.4 is 10.1 Å². The molecular weight excluding hydrogens is 468 g/mol. The first-order valence-electron chi connectivity index (χ1n) is 9.16. The molecular formula is C21H17BrN4O3S. The van der Waals surface area contributed by atoms with Crippen molar-refractivity contribution >= 4 is 54.7 Å². The van der Waals surface area contributed by atoms with Crippen molar-refractivity contribution < 1.29 is 9.66 Å². The summed E-state index contributed by atoms with van der Waals surface area (Å²) < 4.78 is 6.25. The molecule has 7 nitrogen and oxygen atoms in total. The number of aromatic nitrogens is 2. The minimum absolute atomic E-state index is 0.000708. The third-order valence-corrected chi connectivity index (χ3v) is 6.24. The maximum atomic E-state index is 11.2. The third-order valence-electron chi connectivity index (χ3n) is 4.53. The zero-order chi connectivity index (χ0) is 21.3. The minimum Gasteiger partial charge on any atom is -0.494 e. The summed E-state index contributed by atoms with van der Waals surface area (Å²) in [4.78, 5) is 21.6. The zero-order valence-corrected chi connectivity index (χ0v) is 18.6. The molecule has 0 unspecified atom stereocenters. The van der Waals surface area contributed by atoms with Gasteiger partial charge in [-0.2, -0.15) is 0 Å². The average molecular weight is 485 g/mol. The molecule has 0 saturated carbocycles. The Balaban J connectivity index is 1.83. The quantitative estimate of drug-likeness (QED) is 0.248. The highest BCUT2D eigenvalue weighted by atomic mass is 79.9. The molecule has 4 rings (SSSR count). The predicted octanol–water partition coefficient (Wildman–Crippen LogP) is 6.48. The number of thiophene rings is 1. The van der Waals surface area contributed by atoms with Gasteiger partial charge in [0.05, 0.1) is 22.6 Å². The van der Waals surface area contributed by atoms with Crippen LogP contribution in [-0.2, 0) is 0 Å². The molecule has 0 amide bonds. The van der Waals surface area contributed by atoms with Crippen molar-refractivity contribution in [1.29, 1.82) is 0 Å². The number of fused-ring (bicyclic) bond motifs is 1. The number of aryl methyl sites for hydroxylation is 1. The molecule has 0 saturated heterocycles. The van der Waals surface area contributed by atoms with Gasteiger partial charge >= 0.3 is 0 Å². The van der Waals surface area contributed by atoms with E-state index in [1.165, 1.54) is 18.5 Å². The average Bonchev–Trinajstić information content (AvgIpc) is 3.07. The Hall–Kier alpha value is -3.04. The summed E-state index contributed by atoms with van der Waals surface area (Å²) in [6, 6.07) is 12.5. The molecule has 0 aliphatic rings. The highest BCUT2D eigenvalue weighted by Gasteiger charge is 2.18. The van der Waals surface area contributed by atoms with E-state index in [1.54, 1.807) is 17.4 Å². The van der Waals surface area contributed by atoms with Crippen LogP contribution in [-0.4, -0.2) is 21.5 Å². The molecule has 0 spiro atoms. The molecule has 1 N–H and O–H groups in total. The molecule has 9 heteroatoms. The number of nitro benzene ring substituents is 1. The van der Waals surface area contributed by atoms with Crippen molar-refractivity contribution in [3.05, 3.63) is 68.3 Å². The van der Waals surface area contributed by atoms with Gasteiger partial charge in [-0.15, -0.1) is 11.3 Å². The molecule has 0 radical (unpaired) electrons. The highest BCUT2D eigenvalue weighted by molar-refractivity contribution is 9.10.